The third-order valence-electron chi connectivity index (χ3n) is 3.54. The molecule has 0 spiro atoms. The lowest BCUT2D eigenvalue weighted by atomic mass is 10.3. The summed E-state index contributed by atoms with van der Waals surface area (Å²) in [6.45, 7) is 0. The third-order valence-corrected chi connectivity index (χ3v) is 4.03. The molecule has 0 bridgehead atoms. The van der Waals surface area contributed by atoms with Crippen molar-refractivity contribution in [2.45, 2.75) is 6.36 Å². The second-order valence-electron chi connectivity index (χ2n) is 5.62. The van der Waals surface area contributed by atoms with Crippen molar-refractivity contribution in [1.29, 1.82) is 0 Å². The molecule has 0 fully saturated rings. The van der Waals surface area contributed by atoms with E-state index in [-0.39, 0.29) is 23.0 Å². The molecule has 0 saturated heterocycles. The van der Waals surface area contributed by atoms with Gasteiger partial charge in [0, 0.05) is 10.2 Å². The number of halogens is 5. The molecule has 156 valence electrons. The standard InChI is InChI=1S/C17H10BrF4N5O3/c18-9-1-6-13(12(19)7-9)26-16-14(27(28)29)15(23-8-24-16)25-10-2-4-11(5-3-10)30-17(20,21)22/h1-8H,(H2,23,24,25,26). The van der Waals surface area contributed by atoms with Gasteiger partial charge in [0.15, 0.2) is 0 Å². The van der Waals surface area contributed by atoms with Crippen LogP contribution in [0.3, 0.4) is 0 Å². The fourth-order valence-electron chi connectivity index (χ4n) is 2.33. The van der Waals surface area contributed by atoms with Crippen LogP contribution in [0.4, 0.5) is 46.3 Å². The number of rotatable bonds is 6. The molecular formula is C17H10BrF4N5O3. The van der Waals surface area contributed by atoms with Crippen molar-refractivity contribution >= 4 is 44.6 Å². The van der Waals surface area contributed by atoms with Crippen LogP contribution in [0.15, 0.2) is 53.3 Å². The monoisotopic (exact) mass is 487 g/mol. The van der Waals surface area contributed by atoms with Gasteiger partial charge in [0.25, 0.3) is 0 Å². The Hall–Kier alpha value is -3.48. The lowest BCUT2D eigenvalue weighted by Crippen LogP contribution is -2.17. The molecule has 8 nitrogen and oxygen atoms in total. The van der Waals surface area contributed by atoms with E-state index < -0.39 is 28.5 Å². The highest BCUT2D eigenvalue weighted by molar-refractivity contribution is 9.10. The maximum absolute atomic E-state index is 14.1. The van der Waals surface area contributed by atoms with Crippen LogP contribution in [0.5, 0.6) is 5.75 Å². The van der Waals surface area contributed by atoms with Crippen LogP contribution in [-0.2, 0) is 0 Å². The highest BCUT2D eigenvalue weighted by atomic mass is 79.9. The number of benzene rings is 2. The average Bonchev–Trinajstić information content (AvgIpc) is 2.64. The topological polar surface area (TPSA) is 102 Å². The summed E-state index contributed by atoms with van der Waals surface area (Å²) >= 11 is 3.11. The first-order valence-electron chi connectivity index (χ1n) is 7.96. The predicted octanol–water partition coefficient (Wildman–Crippen LogP) is 5.67. The first-order valence-corrected chi connectivity index (χ1v) is 8.76. The smallest absolute Gasteiger partial charge is 0.406 e. The van der Waals surface area contributed by atoms with Gasteiger partial charge in [0.1, 0.15) is 17.9 Å². The van der Waals surface area contributed by atoms with Gasteiger partial charge in [-0.25, -0.2) is 14.4 Å². The molecule has 0 amide bonds. The Labute approximate surface area is 174 Å². The van der Waals surface area contributed by atoms with Gasteiger partial charge < -0.3 is 15.4 Å². The van der Waals surface area contributed by atoms with Crippen molar-refractivity contribution in [3.63, 3.8) is 0 Å². The lowest BCUT2D eigenvalue weighted by molar-refractivity contribution is -0.383. The largest absolute Gasteiger partial charge is 0.573 e. The number of ether oxygens (including phenoxy) is 1. The summed E-state index contributed by atoms with van der Waals surface area (Å²) in [5.74, 6) is -1.67. The highest BCUT2D eigenvalue weighted by Crippen LogP contribution is 2.34. The van der Waals surface area contributed by atoms with Gasteiger partial charge in [-0.05, 0) is 42.5 Å². The Bertz CT molecular complexity index is 1080. The molecule has 3 aromatic rings. The van der Waals surface area contributed by atoms with Crippen molar-refractivity contribution in [1.82, 2.24) is 9.97 Å². The number of nitro groups is 1. The maximum atomic E-state index is 14.1. The quantitative estimate of drug-likeness (QED) is 0.262. The van der Waals surface area contributed by atoms with Gasteiger partial charge in [-0.15, -0.1) is 13.2 Å². The molecule has 0 radical (unpaired) electrons. The summed E-state index contributed by atoms with van der Waals surface area (Å²) in [5.41, 5.74) is -0.442. The zero-order valence-electron chi connectivity index (χ0n) is 14.6. The van der Waals surface area contributed by atoms with Gasteiger partial charge >= 0.3 is 12.0 Å². The van der Waals surface area contributed by atoms with Crippen molar-refractivity contribution in [3.05, 3.63) is 69.2 Å². The molecule has 3 rings (SSSR count). The Morgan fingerprint density at radius 3 is 2.23 bits per heavy atom. The van der Waals surface area contributed by atoms with Crippen LogP contribution in [0.2, 0.25) is 0 Å². The minimum atomic E-state index is -4.84. The molecule has 0 saturated carbocycles. The number of nitrogens with one attached hydrogen (secondary N) is 2. The molecule has 0 unspecified atom stereocenters. The van der Waals surface area contributed by atoms with Crippen LogP contribution in [0, 0.1) is 15.9 Å². The van der Waals surface area contributed by atoms with Gasteiger partial charge in [0.2, 0.25) is 11.6 Å². The van der Waals surface area contributed by atoms with E-state index in [0.29, 0.717) is 4.47 Å². The average molecular weight is 488 g/mol. The highest BCUT2D eigenvalue weighted by Gasteiger charge is 2.31. The fraction of sp³-hybridized carbons (Fsp3) is 0.0588. The van der Waals surface area contributed by atoms with E-state index in [1.165, 1.54) is 30.3 Å². The van der Waals surface area contributed by atoms with Crippen LogP contribution in [0.1, 0.15) is 0 Å². The molecule has 1 heterocycles. The van der Waals surface area contributed by atoms with E-state index in [0.717, 1.165) is 18.5 Å². The molecule has 2 aromatic carbocycles. The maximum Gasteiger partial charge on any atom is 0.573 e. The van der Waals surface area contributed by atoms with Crippen LogP contribution in [-0.4, -0.2) is 21.3 Å². The SMILES string of the molecule is O=[N+]([O-])c1c(Nc2ccc(OC(F)(F)F)cc2)ncnc1Nc1ccc(Br)cc1F. The van der Waals surface area contributed by atoms with Gasteiger partial charge in [-0.3, -0.25) is 10.1 Å². The second kappa shape index (κ2) is 8.49. The predicted molar refractivity (Wildman–Crippen MR) is 102 cm³/mol. The van der Waals surface area contributed by atoms with Crippen molar-refractivity contribution in [3.8, 4) is 5.75 Å². The number of hydrogen-bond donors (Lipinski definition) is 2. The molecule has 2 N–H and O–H groups in total. The summed E-state index contributed by atoms with van der Waals surface area (Å²) in [6, 6.07) is 8.54. The molecule has 30 heavy (non-hydrogen) atoms. The number of anilines is 4. The fourth-order valence-corrected chi connectivity index (χ4v) is 2.66. The zero-order chi connectivity index (χ0) is 21.9. The second-order valence-corrected chi connectivity index (χ2v) is 6.54. The van der Waals surface area contributed by atoms with Gasteiger partial charge in [-0.1, -0.05) is 15.9 Å². The molecule has 0 aliphatic carbocycles. The molecule has 0 aliphatic heterocycles. The minimum Gasteiger partial charge on any atom is -0.406 e. The van der Waals surface area contributed by atoms with Crippen LogP contribution < -0.4 is 15.4 Å². The van der Waals surface area contributed by atoms with Crippen LogP contribution >= 0.6 is 15.9 Å². The zero-order valence-corrected chi connectivity index (χ0v) is 16.2. The summed E-state index contributed by atoms with van der Waals surface area (Å²) in [5, 5.41) is 16.7. The molecule has 0 aliphatic rings. The molecule has 0 atom stereocenters. The third kappa shape index (κ3) is 5.31. The Balaban J connectivity index is 1.88. The van der Waals surface area contributed by atoms with Gasteiger partial charge in [0.05, 0.1) is 10.6 Å². The van der Waals surface area contributed by atoms with E-state index in [1.54, 1.807) is 0 Å². The van der Waals surface area contributed by atoms with E-state index in [1.807, 2.05) is 0 Å². The van der Waals surface area contributed by atoms with E-state index in [9.17, 15) is 27.7 Å². The number of alkyl halides is 3. The van der Waals surface area contributed by atoms with Crippen LogP contribution in [0.25, 0.3) is 0 Å². The van der Waals surface area contributed by atoms with E-state index >= 15 is 0 Å². The summed E-state index contributed by atoms with van der Waals surface area (Å²) < 4.78 is 55.0. The van der Waals surface area contributed by atoms with E-state index in [2.05, 4.69) is 41.3 Å². The van der Waals surface area contributed by atoms with Crippen molar-refractivity contribution < 1.29 is 27.2 Å². The minimum absolute atomic E-state index is 0.0559. The number of aromatic nitrogens is 2. The first kappa shape index (κ1) is 21.2. The Morgan fingerprint density at radius 2 is 1.67 bits per heavy atom. The Morgan fingerprint density at radius 1 is 1.03 bits per heavy atom. The van der Waals surface area contributed by atoms with E-state index in [4.69, 9.17) is 0 Å². The molecule has 13 heteroatoms. The normalized spacial score (nSPS) is 11.1. The Kier molecular flexibility index (Phi) is 6.01. The number of nitrogens with zero attached hydrogens (tertiary/aromatic N) is 3. The molecule has 1 aromatic heterocycles. The van der Waals surface area contributed by atoms with Crippen molar-refractivity contribution in [2.24, 2.45) is 0 Å². The lowest BCUT2D eigenvalue weighted by Gasteiger charge is -2.12. The summed E-state index contributed by atoms with van der Waals surface area (Å²) in [4.78, 5) is 18.4. The first-order chi connectivity index (χ1) is 14.1. The summed E-state index contributed by atoms with van der Waals surface area (Å²) in [7, 11) is 0. The number of hydrogen-bond acceptors (Lipinski definition) is 7. The summed E-state index contributed by atoms with van der Waals surface area (Å²) in [6.07, 6.45) is -3.83. The van der Waals surface area contributed by atoms with Gasteiger partial charge in [-0.2, -0.15) is 0 Å². The molecular weight excluding hydrogens is 478 g/mol. The van der Waals surface area contributed by atoms with Crippen molar-refractivity contribution in [2.75, 3.05) is 10.6 Å².